The Balaban J connectivity index is 2.60. The summed E-state index contributed by atoms with van der Waals surface area (Å²) in [6, 6.07) is 0. The average Bonchev–Trinajstić information content (AvgIpc) is 2.36. The van der Waals surface area contributed by atoms with Crippen molar-refractivity contribution in [3.63, 3.8) is 0 Å². The number of aliphatic hydroxyl groups is 1. The number of hydrogen-bond donors (Lipinski definition) is 1. The lowest BCUT2D eigenvalue weighted by atomic mass is 9.70. The van der Waals surface area contributed by atoms with Crippen molar-refractivity contribution < 1.29 is 5.11 Å². The smallest absolute Gasteiger partial charge is 0.402 e. The third kappa shape index (κ3) is 0.680. The van der Waals surface area contributed by atoms with E-state index in [1.165, 1.54) is 0 Å². The van der Waals surface area contributed by atoms with E-state index in [1.807, 2.05) is 0 Å². The molecular formula is C10H15N2O+. The van der Waals surface area contributed by atoms with Crippen molar-refractivity contribution in [3.05, 3.63) is 16.4 Å². The van der Waals surface area contributed by atoms with Gasteiger partial charge in [-0.15, -0.1) is 0 Å². The summed E-state index contributed by atoms with van der Waals surface area (Å²) in [6.07, 6.45) is 2.02. The van der Waals surface area contributed by atoms with E-state index >= 15 is 0 Å². The lowest BCUT2D eigenvalue weighted by Gasteiger charge is -2.33. The van der Waals surface area contributed by atoms with Crippen molar-refractivity contribution in [2.45, 2.75) is 33.6 Å². The Labute approximate surface area is 78.1 Å². The fourth-order valence-electron chi connectivity index (χ4n) is 2.97. The van der Waals surface area contributed by atoms with Crippen molar-refractivity contribution in [2.75, 3.05) is 0 Å². The molecule has 70 valence electrons. The van der Waals surface area contributed by atoms with Crippen LogP contribution in [-0.2, 0) is 0 Å². The molecule has 0 aromatic carbocycles. The van der Waals surface area contributed by atoms with Crippen LogP contribution in [0.25, 0.3) is 4.98 Å². The van der Waals surface area contributed by atoms with Gasteiger partial charge in [-0.2, -0.15) is 0 Å². The molecule has 0 spiro atoms. The molecule has 0 saturated heterocycles. The van der Waals surface area contributed by atoms with Crippen LogP contribution >= 0.6 is 0 Å². The second kappa shape index (κ2) is 2.06. The highest BCUT2D eigenvalue weighted by Gasteiger charge is 2.67. The van der Waals surface area contributed by atoms with E-state index in [2.05, 4.69) is 25.7 Å². The number of hydrogen-bond acceptors (Lipinski definition) is 2. The van der Waals surface area contributed by atoms with Crippen LogP contribution in [0.4, 0.5) is 0 Å². The summed E-state index contributed by atoms with van der Waals surface area (Å²) in [5.41, 5.74) is 0.358. The van der Waals surface area contributed by atoms with Gasteiger partial charge in [-0.1, -0.05) is 20.8 Å². The summed E-state index contributed by atoms with van der Waals surface area (Å²) in [5, 5.41) is 18.7. The molecule has 1 saturated carbocycles. The van der Waals surface area contributed by atoms with Crippen molar-refractivity contribution in [1.29, 1.82) is 5.39 Å². The number of fused-ring (bicyclic) bond motifs is 2. The first-order chi connectivity index (χ1) is 5.95. The molecule has 0 heterocycles. The van der Waals surface area contributed by atoms with Gasteiger partial charge in [-0.3, -0.25) is 0 Å². The van der Waals surface area contributed by atoms with Gasteiger partial charge < -0.3 is 5.11 Å². The Kier molecular flexibility index (Phi) is 1.36. The highest BCUT2D eigenvalue weighted by atomic mass is 16.3. The molecular weight excluding hydrogens is 164 g/mol. The molecule has 2 atom stereocenters. The minimum absolute atomic E-state index is 0.0264. The molecule has 1 N–H and O–H groups in total. The van der Waals surface area contributed by atoms with Crippen molar-refractivity contribution in [1.82, 2.24) is 0 Å². The molecule has 3 nitrogen and oxygen atoms in total. The van der Waals surface area contributed by atoms with Gasteiger partial charge in [0.05, 0.1) is 5.92 Å². The molecule has 0 radical (unpaired) electrons. The Morgan fingerprint density at radius 2 is 2.08 bits per heavy atom. The lowest BCUT2D eigenvalue weighted by Crippen LogP contribution is -2.29. The van der Waals surface area contributed by atoms with Gasteiger partial charge in [0, 0.05) is 5.41 Å². The summed E-state index contributed by atoms with van der Waals surface area (Å²) >= 11 is 0. The zero-order valence-corrected chi connectivity index (χ0v) is 8.33. The van der Waals surface area contributed by atoms with Crippen LogP contribution in [0.15, 0.2) is 11.5 Å². The molecule has 1 fully saturated rings. The summed E-state index contributed by atoms with van der Waals surface area (Å²) in [5.74, 6) is 0.527. The van der Waals surface area contributed by atoms with E-state index in [4.69, 9.17) is 5.39 Å². The minimum Gasteiger partial charge on any atom is -0.505 e. The van der Waals surface area contributed by atoms with E-state index in [-0.39, 0.29) is 16.7 Å². The van der Waals surface area contributed by atoms with Crippen molar-refractivity contribution in [2.24, 2.45) is 16.7 Å². The number of aliphatic hydroxyl groups excluding tert-OH is 1. The minimum atomic E-state index is -0.181. The van der Waals surface area contributed by atoms with Crippen LogP contribution in [0.2, 0.25) is 0 Å². The van der Waals surface area contributed by atoms with Crippen LogP contribution < -0.4 is 0 Å². The van der Waals surface area contributed by atoms with E-state index in [0.29, 0.717) is 11.5 Å². The first-order valence-electron chi connectivity index (χ1n) is 4.74. The molecule has 2 aliphatic rings. The van der Waals surface area contributed by atoms with Gasteiger partial charge in [0.25, 0.3) is 0 Å². The molecule has 2 rings (SSSR count). The highest BCUT2D eigenvalue weighted by molar-refractivity contribution is 5.37. The van der Waals surface area contributed by atoms with Gasteiger partial charge >= 0.3 is 5.70 Å². The van der Waals surface area contributed by atoms with Crippen LogP contribution in [0.3, 0.4) is 0 Å². The van der Waals surface area contributed by atoms with Gasteiger partial charge in [-0.25, -0.2) is 0 Å². The Hall–Kier alpha value is -1.04. The first-order valence-corrected chi connectivity index (χ1v) is 4.74. The third-order valence-corrected chi connectivity index (χ3v) is 4.43. The topological polar surface area (TPSA) is 48.4 Å². The van der Waals surface area contributed by atoms with E-state index in [9.17, 15) is 5.11 Å². The molecule has 0 amide bonds. The predicted octanol–water partition coefficient (Wildman–Crippen LogP) is 3.07. The largest absolute Gasteiger partial charge is 0.505 e. The summed E-state index contributed by atoms with van der Waals surface area (Å²) in [4.78, 5) is 3.22. The van der Waals surface area contributed by atoms with Crippen LogP contribution in [0.5, 0.6) is 0 Å². The first kappa shape index (κ1) is 8.55. The number of nitrogens with zero attached hydrogens (tertiary/aromatic N) is 2. The fourth-order valence-corrected chi connectivity index (χ4v) is 2.97. The molecule has 13 heavy (non-hydrogen) atoms. The Bertz CT molecular complexity index is 337. The van der Waals surface area contributed by atoms with E-state index < -0.39 is 0 Å². The predicted molar refractivity (Wildman–Crippen MR) is 49.4 cm³/mol. The lowest BCUT2D eigenvalue weighted by molar-refractivity contribution is 0.123. The standard InChI is InChI=1S/C10H14N2O/c1-9(2)6-4-5-10(9,3)8(13)7(6)12-11/h6H,4-5H2,1-3H3/p+1. The Morgan fingerprint density at radius 3 is 2.38 bits per heavy atom. The van der Waals surface area contributed by atoms with Crippen LogP contribution in [0.1, 0.15) is 33.6 Å². The van der Waals surface area contributed by atoms with Gasteiger partial charge in [0.2, 0.25) is 5.39 Å². The fraction of sp³-hybridized carbons (Fsp3) is 0.800. The molecule has 0 aliphatic heterocycles. The molecule has 3 heteroatoms. The van der Waals surface area contributed by atoms with Crippen molar-refractivity contribution in [3.8, 4) is 0 Å². The monoisotopic (exact) mass is 179 g/mol. The normalized spacial score (nSPS) is 40.9. The van der Waals surface area contributed by atoms with Crippen LogP contribution in [-0.4, -0.2) is 5.11 Å². The third-order valence-electron chi connectivity index (χ3n) is 4.43. The Morgan fingerprint density at radius 1 is 1.46 bits per heavy atom. The van der Waals surface area contributed by atoms with Gasteiger partial charge in [-0.05, 0) is 18.3 Å². The van der Waals surface area contributed by atoms with E-state index in [0.717, 1.165) is 12.8 Å². The second-order valence-corrected chi connectivity index (χ2v) is 4.98. The molecule has 0 aromatic rings. The zero-order valence-electron chi connectivity index (χ0n) is 8.33. The van der Waals surface area contributed by atoms with Crippen molar-refractivity contribution >= 4 is 0 Å². The number of rotatable bonds is 0. The summed E-state index contributed by atoms with van der Waals surface area (Å²) < 4.78 is 0. The van der Waals surface area contributed by atoms with E-state index in [1.54, 1.807) is 0 Å². The second-order valence-electron chi connectivity index (χ2n) is 4.98. The summed E-state index contributed by atoms with van der Waals surface area (Å²) in [6.45, 7) is 6.33. The van der Waals surface area contributed by atoms with Gasteiger partial charge in [0.15, 0.2) is 10.7 Å². The molecule has 2 aliphatic carbocycles. The number of allylic oxidation sites excluding steroid dienone is 2. The SMILES string of the molecule is CC12CCC(C([N+]#N)=C1O)C2(C)C. The maximum atomic E-state index is 9.90. The van der Waals surface area contributed by atoms with Gasteiger partial charge in [0.1, 0.15) is 0 Å². The summed E-state index contributed by atoms with van der Waals surface area (Å²) in [7, 11) is 0. The average molecular weight is 179 g/mol. The number of diazo groups is 1. The molecule has 2 unspecified atom stereocenters. The molecule has 2 bridgehead atoms. The maximum absolute atomic E-state index is 9.90. The maximum Gasteiger partial charge on any atom is 0.402 e. The quantitative estimate of drug-likeness (QED) is 0.581. The molecule has 0 aromatic heterocycles. The highest BCUT2D eigenvalue weighted by Crippen LogP contribution is 2.67. The van der Waals surface area contributed by atoms with Crippen LogP contribution in [0, 0.1) is 22.1 Å². The zero-order chi connectivity index (χ0) is 9.85.